The van der Waals surface area contributed by atoms with Gasteiger partial charge in [-0.05, 0) is 12.1 Å². The van der Waals surface area contributed by atoms with E-state index in [-0.39, 0.29) is 18.3 Å². The zero-order chi connectivity index (χ0) is 8.97. The van der Waals surface area contributed by atoms with Gasteiger partial charge in [0.25, 0.3) is 0 Å². The smallest absolute Gasteiger partial charge is 0.385 e. The molecule has 0 saturated heterocycles. The summed E-state index contributed by atoms with van der Waals surface area (Å²) in [6, 6.07) is 6.53. The first-order chi connectivity index (χ1) is 5.72. The van der Waals surface area contributed by atoms with E-state index in [1.165, 1.54) is 6.92 Å². The van der Waals surface area contributed by atoms with E-state index in [4.69, 9.17) is 5.39 Å². The van der Waals surface area contributed by atoms with E-state index < -0.39 is 0 Å². The fraction of sp³-hybridized carbons (Fsp3) is 0.125. The van der Waals surface area contributed by atoms with Crippen LogP contribution in [0.4, 0.5) is 11.4 Å². The van der Waals surface area contributed by atoms with Gasteiger partial charge in [-0.3, -0.25) is 4.79 Å². The first-order valence-corrected chi connectivity index (χ1v) is 3.45. The summed E-state index contributed by atoms with van der Waals surface area (Å²) in [6.45, 7) is 1.43. The lowest BCUT2D eigenvalue weighted by Crippen LogP contribution is -3.00. The third kappa shape index (κ3) is 3.54. The molecule has 5 heteroatoms. The zero-order valence-electron chi connectivity index (χ0n) is 6.99. The summed E-state index contributed by atoms with van der Waals surface area (Å²) in [5, 5.41) is 10.9. The average Bonchev–Trinajstić information content (AvgIpc) is 2.05. The molecule has 0 heterocycles. The molecule has 0 saturated carbocycles. The van der Waals surface area contributed by atoms with Crippen LogP contribution < -0.4 is 17.7 Å². The van der Waals surface area contributed by atoms with Crippen molar-refractivity contribution < 1.29 is 17.2 Å². The summed E-state index contributed by atoms with van der Waals surface area (Å²) in [5.41, 5.74) is 1.15. The Kier molecular flexibility index (Phi) is 4.49. The lowest BCUT2D eigenvalue weighted by molar-refractivity contribution is -0.114. The van der Waals surface area contributed by atoms with Gasteiger partial charge in [-0.15, -0.1) is 0 Å². The first kappa shape index (κ1) is 11.4. The number of anilines is 1. The number of diazo groups is 1. The maximum Gasteiger partial charge on any atom is 0.385 e. The van der Waals surface area contributed by atoms with E-state index >= 15 is 0 Å². The number of hydrogen-bond acceptors (Lipinski definition) is 2. The lowest BCUT2D eigenvalue weighted by Gasteiger charge is -1.97. The van der Waals surface area contributed by atoms with Crippen LogP contribution >= 0.6 is 0 Å². The van der Waals surface area contributed by atoms with Gasteiger partial charge in [-0.2, -0.15) is 0 Å². The molecule has 0 aliphatic carbocycles. The minimum absolute atomic E-state index is 0. The second-order valence-electron chi connectivity index (χ2n) is 2.33. The van der Waals surface area contributed by atoms with Crippen molar-refractivity contribution in [1.29, 1.82) is 5.39 Å². The topological polar surface area (TPSA) is 57.2 Å². The minimum atomic E-state index is -0.122. The number of benzene rings is 1. The molecule has 0 bridgehead atoms. The molecule has 1 aromatic carbocycles. The first-order valence-electron chi connectivity index (χ1n) is 3.45. The standard InChI is InChI=1S/C8H7N3O.ClH/c1-6(12)10-7-2-4-8(11-9)5-3-7;/h2-5H,1H3;1H. The van der Waals surface area contributed by atoms with E-state index in [1.807, 2.05) is 0 Å². The van der Waals surface area contributed by atoms with Crippen LogP contribution in [0.5, 0.6) is 0 Å². The molecule has 0 fully saturated rings. The van der Waals surface area contributed by atoms with Gasteiger partial charge in [0.05, 0.1) is 0 Å². The Labute approximate surface area is 82.0 Å². The molecule has 1 amide bonds. The SMILES string of the molecule is CC(=O)Nc1ccc([N+]#N)cc1.[Cl-]. The summed E-state index contributed by atoms with van der Waals surface area (Å²) in [7, 11) is 0. The third-order valence-electron chi connectivity index (χ3n) is 1.30. The Hall–Kier alpha value is -1.60. The number of carbonyl (C=O) groups is 1. The highest BCUT2D eigenvalue weighted by Crippen LogP contribution is 2.15. The highest BCUT2D eigenvalue weighted by atomic mass is 35.5. The van der Waals surface area contributed by atoms with Gasteiger partial charge in [-0.1, -0.05) is 0 Å². The molecule has 1 N–H and O–H groups in total. The molecule has 13 heavy (non-hydrogen) atoms. The van der Waals surface area contributed by atoms with Crippen molar-refractivity contribution in [2.24, 2.45) is 0 Å². The quantitative estimate of drug-likeness (QED) is 0.596. The number of carbonyl (C=O) groups excluding carboxylic acids is 1. The number of rotatable bonds is 1. The maximum atomic E-state index is 10.6. The molecule has 0 spiro atoms. The van der Waals surface area contributed by atoms with Crippen molar-refractivity contribution in [2.75, 3.05) is 5.32 Å². The summed E-state index contributed by atoms with van der Waals surface area (Å²) in [6.07, 6.45) is 0. The second kappa shape index (κ2) is 5.12. The van der Waals surface area contributed by atoms with Crippen LogP contribution in [-0.4, -0.2) is 5.91 Å². The summed E-state index contributed by atoms with van der Waals surface area (Å²) < 4.78 is 0. The minimum Gasteiger partial charge on any atom is -1.00 e. The largest absolute Gasteiger partial charge is 1.00 e. The Morgan fingerprint density at radius 3 is 2.31 bits per heavy atom. The van der Waals surface area contributed by atoms with Gasteiger partial charge in [0.1, 0.15) is 0 Å². The Balaban J connectivity index is 0.00000144. The number of nitrogens with zero attached hydrogens (tertiary/aromatic N) is 2. The van der Waals surface area contributed by atoms with Crippen molar-refractivity contribution in [3.05, 3.63) is 29.2 Å². The van der Waals surface area contributed by atoms with Gasteiger partial charge >= 0.3 is 5.69 Å². The van der Waals surface area contributed by atoms with Crippen LogP contribution in [-0.2, 0) is 4.79 Å². The molecule has 4 nitrogen and oxygen atoms in total. The van der Waals surface area contributed by atoms with Crippen molar-refractivity contribution in [3.8, 4) is 0 Å². The van der Waals surface area contributed by atoms with E-state index in [0.29, 0.717) is 11.4 Å². The van der Waals surface area contributed by atoms with E-state index in [2.05, 4.69) is 10.3 Å². The van der Waals surface area contributed by atoms with Crippen LogP contribution in [0.3, 0.4) is 0 Å². The summed E-state index contributed by atoms with van der Waals surface area (Å²) in [5.74, 6) is -0.122. The van der Waals surface area contributed by atoms with Crippen LogP contribution in [0.25, 0.3) is 4.98 Å². The molecular weight excluding hydrogens is 190 g/mol. The average molecular weight is 198 g/mol. The van der Waals surface area contributed by atoms with E-state index in [1.54, 1.807) is 24.3 Å². The monoisotopic (exact) mass is 197 g/mol. The number of amides is 1. The number of nitrogens with one attached hydrogen (secondary N) is 1. The number of halogens is 1. The molecule has 0 unspecified atom stereocenters. The molecule has 68 valence electrons. The Bertz CT molecular complexity index is 328. The molecule has 1 rings (SSSR count). The van der Waals surface area contributed by atoms with Crippen LogP contribution in [0.15, 0.2) is 24.3 Å². The molecule has 0 aliphatic heterocycles. The fourth-order valence-corrected chi connectivity index (χ4v) is 0.815. The van der Waals surface area contributed by atoms with Crippen LogP contribution in [0, 0.1) is 5.39 Å². The Morgan fingerprint density at radius 1 is 1.38 bits per heavy atom. The molecule has 0 aromatic heterocycles. The van der Waals surface area contributed by atoms with Crippen molar-refractivity contribution >= 4 is 17.3 Å². The predicted octanol–water partition coefficient (Wildman–Crippen LogP) is -0.866. The Morgan fingerprint density at radius 2 is 1.92 bits per heavy atom. The molecular formula is C8H8ClN3O. The summed E-state index contributed by atoms with van der Waals surface area (Å²) >= 11 is 0. The lowest BCUT2D eigenvalue weighted by atomic mass is 10.3. The van der Waals surface area contributed by atoms with Crippen molar-refractivity contribution in [1.82, 2.24) is 0 Å². The van der Waals surface area contributed by atoms with Gasteiger partial charge in [0, 0.05) is 24.7 Å². The van der Waals surface area contributed by atoms with Crippen molar-refractivity contribution in [3.63, 3.8) is 0 Å². The fourth-order valence-electron chi connectivity index (χ4n) is 0.815. The van der Waals surface area contributed by atoms with Gasteiger partial charge in [0.2, 0.25) is 11.3 Å². The molecule has 0 aliphatic rings. The normalized spacial score (nSPS) is 8.00. The van der Waals surface area contributed by atoms with Crippen LogP contribution in [0.1, 0.15) is 6.92 Å². The van der Waals surface area contributed by atoms with E-state index in [0.717, 1.165) is 0 Å². The van der Waals surface area contributed by atoms with Gasteiger partial charge in [-0.25, -0.2) is 0 Å². The highest BCUT2D eigenvalue weighted by Gasteiger charge is 2.02. The maximum absolute atomic E-state index is 10.6. The number of hydrogen-bond donors (Lipinski definition) is 1. The van der Waals surface area contributed by atoms with Crippen LogP contribution in [0.2, 0.25) is 0 Å². The second-order valence-corrected chi connectivity index (χ2v) is 2.33. The predicted molar refractivity (Wildman–Crippen MR) is 45.5 cm³/mol. The molecule has 1 aromatic rings. The van der Waals surface area contributed by atoms with Gasteiger partial charge in [0.15, 0.2) is 4.98 Å². The van der Waals surface area contributed by atoms with Gasteiger partial charge < -0.3 is 17.7 Å². The van der Waals surface area contributed by atoms with E-state index in [9.17, 15) is 4.79 Å². The summed E-state index contributed by atoms with van der Waals surface area (Å²) in [4.78, 5) is 13.6. The molecule has 0 atom stereocenters. The highest BCUT2D eigenvalue weighted by molar-refractivity contribution is 5.88. The third-order valence-corrected chi connectivity index (χ3v) is 1.30. The molecule has 0 radical (unpaired) electrons. The zero-order valence-corrected chi connectivity index (χ0v) is 7.75. The van der Waals surface area contributed by atoms with Crippen molar-refractivity contribution in [2.45, 2.75) is 6.92 Å².